The lowest BCUT2D eigenvalue weighted by Crippen LogP contribution is -2.16. The van der Waals surface area contributed by atoms with Crippen LogP contribution in [-0.2, 0) is 0 Å². The van der Waals surface area contributed by atoms with Gasteiger partial charge in [0, 0.05) is 6.04 Å². The van der Waals surface area contributed by atoms with E-state index in [9.17, 15) is 0 Å². The number of carboxylic acid groups (broad SMARTS) is 4. The van der Waals surface area contributed by atoms with Gasteiger partial charge in [0.1, 0.15) is 0 Å². The molecule has 0 aromatic carbocycles. The van der Waals surface area contributed by atoms with Crippen LogP contribution in [0.25, 0.3) is 0 Å². The molecule has 0 fully saturated rings. The summed E-state index contributed by atoms with van der Waals surface area (Å²) in [5.41, 5.74) is 11.1. The van der Waals surface area contributed by atoms with Gasteiger partial charge in [-0.15, -0.1) is 0 Å². The highest BCUT2D eigenvalue weighted by atomic mass is 16.6. The Morgan fingerprint density at radius 3 is 1.85 bits per heavy atom. The van der Waals surface area contributed by atoms with Gasteiger partial charge < -0.3 is 31.9 Å². The molecule has 118 valence electrons. The molecule has 0 radical (unpaired) electrons. The van der Waals surface area contributed by atoms with E-state index in [0.29, 0.717) is 0 Å². The van der Waals surface area contributed by atoms with Crippen LogP contribution in [-0.4, -0.2) is 45.3 Å². The molecule has 0 saturated heterocycles. The summed E-state index contributed by atoms with van der Waals surface area (Å²) in [6, 6.07) is 0.181. The zero-order valence-corrected chi connectivity index (χ0v) is 11.3. The molecule has 1 unspecified atom stereocenters. The van der Waals surface area contributed by atoms with Gasteiger partial charge in [-0.2, -0.15) is 0 Å². The highest BCUT2D eigenvalue weighted by Gasteiger charge is 1.95. The molecule has 0 rings (SSSR count). The summed E-state index contributed by atoms with van der Waals surface area (Å²) < 4.78 is 0. The predicted octanol–water partition coefficient (Wildman–Crippen LogP) is 2.02. The third-order valence-electron chi connectivity index (χ3n) is 1.74. The van der Waals surface area contributed by atoms with Gasteiger partial charge in [-0.25, -0.2) is 9.59 Å². The number of carbonyl (C=O) groups is 2. The summed E-state index contributed by atoms with van der Waals surface area (Å²) in [7, 11) is 0. The summed E-state index contributed by atoms with van der Waals surface area (Å²) >= 11 is 0. The number of hydrogen-bond donors (Lipinski definition) is 6. The normalized spacial score (nSPS) is 10.5. The quantitative estimate of drug-likeness (QED) is 0.306. The first kappa shape index (κ1) is 23.1. The van der Waals surface area contributed by atoms with Crippen molar-refractivity contribution in [2.24, 2.45) is 11.5 Å². The zero-order chi connectivity index (χ0) is 16.4. The maximum atomic E-state index is 8.56. The lowest BCUT2D eigenvalue weighted by atomic mass is 10.1. The summed E-state index contributed by atoms with van der Waals surface area (Å²) in [6.45, 7) is 4.37. The topological polar surface area (TPSA) is 167 Å². The molecule has 0 aromatic heterocycles. The van der Waals surface area contributed by atoms with E-state index >= 15 is 0 Å². The van der Waals surface area contributed by atoms with Gasteiger partial charge in [0.05, 0.1) is 0 Å². The van der Waals surface area contributed by atoms with Crippen LogP contribution in [0.5, 0.6) is 0 Å². The van der Waals surface area contributed by atoms with E-state index in [1.165, 1.54) is 12.8 Å². The summed E-state index contributed by atoms with van der Waals surface area (Å²) in [6.07, 6.45) is 6.47. The van der Waals surface area contributed by atoms with Gasteiger partial charge in [0.15, 0.2) is 0 Å². The molecule has 0 bridgehead atoms. The summed E-state index contributed by atoms with van der Waals surface area (Å²) in [4.78, 5) is 17.1. The SMILES string of the molecule is C=CC=CC(N)CCCCCN.O=C(O)O.O=C(O)O. The van der Waals surface area contributed by atoms with Gasteiger partial charge in [-0.1, -0.05) is 37.6 Å². The molecule has 8 heteroatoms. The lowest BCUT2D eigenvalue weighted by molar-refractivity contribution is 0.135. The van der Waals surface area contributed by atoms with Crippen molar-refractivity contribution in [2.45, 2.75) is 31.7 Å². The third-order valence-corrected chi connectivity index (χ3v) is 1.74. The van der Waals surface area contributed by atoms with Crippen LogP contribution >= 0.6 is 0 Å². The van der Waals surface area contributed by atoms with Crippen molar-refractivity contribution in [1.29, 1.82) is 0 Å². The van der Waals surface area contributed by atoms with Gasteiger partial charge in [-0.3, -0.25) is 0 Å². The lowest BCUT2D eigenvalue weighted by Gasteiger charge is -2.04. The number of allylic oxidation sites excluding steroid dienone is 2. The Bertz CT molecular complexity index is 261. The molecule has 0 saturated carbocycles. The summed E-state index contributed by atoms with van der Waals surface area (Å²) in [5, 5.41) is 27.9. The Balaban J connectivity index is -0.000000297. The molecule has 8 N–H and O–H groups in total. The van der Waals surface area contributed by atoms with Crippen molar-refractivity contribution in [1.82, 2.24) is 0 Å². The minimum Gasteiger partial charge on any atom is -0.450 e. The fraction of sp³-hybridized carbons (Fsp3) is 0.500. The largest absolute Gasteiger partial charge is 0.503 e. The van der Waals surface area contributed by atoms with Crippen LogP contribution in [0.4, 0.5) is 9.59 Å². The maximum absolute atomic E-state index is 8.56. The van der Waals surface area contributed by atoms with Crippen molar-refractivity contribution in [3.05, 3.63) is 24.8 Å². The van der Waals surface area contributed by atoms with Crippen molar-refractivity contribution in [3.8, 4) is 0 Å². The Hall–Kier alpha value is -2.06. The summed E-state index contributed by atoms with van der Waals surface area (Å²) in [5.74, 6) is 0. The molecule has 1 atom stereocenters. The van der Waals surface area contributed by atoms with E-state index in [1.54, 1.807) is 6.08 Å². The van der Waals surface area contributed by atoms with E-state index in [4.69, 9.17) is 41.5 Å². The molecule has 20 heavy (non-hydrogen) atoms. The molecule has 0 aliphatic rings. The number of nitrogens with two attached hydrogens (primary N) is 2. The minimum absolute atomic E-state index is 0.181. The Kier molecular flexibility index (Phi) is 22.2. The van der Waals surface area contributed by atoms with Crippen LogP contribution in [0.3, 0.4) is 0 Å². The Labute approximate surface area is 118 Å². The first-order chi connectivity index (χ1) is 9.27. The Morgan fingerprint density at radius 1 is 1.05 bits per heavy atom. The molecule has 0 amide bonds. The number of rotatable bonds is 7. The van der Waals surface area contributed by atoms with Crippen molar-refractivity contribution in [2.75, 3.05) is 6.54 Å². The smallest absolute Gasteiger partial charge is 0.450 e. The van der Waals surface area contributed by atoms with E-state index in [1.807, 2.05) is 12.2 Å². The van der Waals surface area contributed by atoms with Gasteiger partial charge in [-0.05, 0) is 19.4 Å². The fourth-order valence-corrected chi connectivity index (χ4v) is 1.02. The van der Waals surface area contributed by atoms with Crippen LogP contribution in [0.1, 0.15) is 25.7 Å². The van der Waals surface area contributed by atoms with Gasteiger partial charge in [0.2, 0.25) is 0 Å². The van der Waals surface area contributed by atoms with Crippen LogP contribution in [0.15, 0.2) is 24.8 Å². The highest BCUT2D eigenvalue weighted by Crippen LogP contribution is 2.02. The van der Waals surface area contributed by atoms with Gasteiger partial charge >= 0.3 is 12.3 Å². The fourth-order valence-electron chi connectivity index (χ4n) is 1.02. The third kappa shape index (κ3) is 56.4. The standard InChI is InChI=1S/C10H20N2.2CH2O3/c1-2-3-7-10(12)8-5-4-6-9-11;2*2-1(3)4/h2-3,7,10H,1,4-6,8-9,11-12H2;2*(H2,2,3,4). The Morgan fingerprint density at radius 2 is 1.50 bits per heavy atom. The van der Waals surface area contributed by atoms with E-state index < -0.39 is 12.3 Å². The van der Waals surface area contributed by atoms with Crippen LogP contribution in [0.2, 0.25) is 0 Å². The van der Waals surface area contributed by atoms with E-state index in [2.05, 4.69) is 6.58 Å². The van der Waals surface area contributed by atoms with Crippen molar-refractivity contribution in [3.63, 3.8) is 0 Å². The van der Waals surface area contributed by atoms with Crippen LogP contribution in [0, 0.1) is 0 Å². The molecule has 0 spiro atoms. The molecular formula is C12H24N2O6. The van der Waals surface area contributed by atoms with Crippen LogP contribution < -0.4 is 11.5 Å². The molecule has 0 heterocycles. The highest BCUT2D eigenvalue weighted by molar-refractivity contribution is 5.53. The predicted molar refractivity (Wildman–Crippen MR) is 76.1 cm³/mol. The minimum atomic E-state index is -1.83. The molecule has 0 aliphatic carbocycles. The second-order valence-corrected chi connectivity index (χ2v) is 3.49. The molecule has 0 aliphatic heterocycles. The zero-order valence-electron chi connectivity index (χ0n) is 11.3. The average molecular weight is 292 g/mol. The second kappa shape index (κ2) is 19.3. The van der Waals surface area contributed by atoms with E-state index in [0.717, 1.165) is 19.4 Å². The second-order valence-electron chi connectivity index (χ2n) is 3.49. The average Bonchev–Trinajstić information content (AvgIpc) is 2.30. The van der Waals surface area contributed by atoms with E-state index in [-0.39, 0.29) is 6.04 Å². The molecule has 0 aromatic rings. The number of unbranched alkanes of at least 4 members (excludes halogenated alkanes) is 2. The first-order valence-electron chi connectivity index (χ1n) is 5.86. The van der Waals surface area contributed by atoms with Crippen molar-refractivity contribution >= 4 is 12.3 Å². The van der Waals surface area contributed by atoms with Gasteiger partial charge in [0.25, 0.3) is 0 Å². The first-order valence-corrected chi connectivity index (χ1v) is 5.86. The van der Waals surface area contributed by atoms with Crippen molar-refractivity contribution < 1.29 is 30.0 Å². The number of hydrogen-bond acceptors (Lipinski definition) is 4. The molecular weight excluding hydrogens is 268 g/mol. The monoisotopic (exact) mass is 292 g/mol. The molecule has 8 nitrogen and oxygen atoms in total. The maximum Gasteiger partial charge on any atom is 0.503 e.